The van der Waals surface area contributed by atoms with Crippen molar-refractivity contribution >= 4 is 12.1 Å². The van der Waals surface area contributed by atoms with Gasteiger partial charge in [0, 0.05) is 0 Å². The SMILES string of the molecule is C=CCOC(=O)NC(C(=O)O)c1cccc(-c2ccccc2)c1. The standard InChI is InChI=1S/C18H17NO4/c1-2-11-23-18(22)19-16(17(20)21)15-10-6-9-14(12-15)13-7-4-3-5-8-13/h2-10,12,16H,1,11H2,(H,19,22)(H,20,21). The van der Waals surface area contributed by atoms with E-state index in [1.165, 1.54) is 6.08 Å². The van der Waals surface area contributed by atoms with Crippen molar-refractivity contribution in [2.24, 2.45) is 0 Å². The zero-order valence-corrected chi connectivity index (χ0v) is 12.4. The molecule has 0 aliphatic heterocycles. The monoisotopic (exact) mass is 311 g/mol. The highest BCUT2D eigenvalue weighted by Gasteiger charge is 2.23. The molecule has 0 aromatic heterocycles. The van der Waals surface area contributed by atoms with E-state index in [2.05, 4.69) is 11.9 Å². The molecule has 0 bridgehead atoms. The summed E-state index contributed by atoms with van der Waals surface area (Å²) in [7, 11) is 0. The number of nitrogens with one attached hydrogen (secondary N) is 1. The minimum Gasteiger partial charge on any atom is -0.479 e. The molecule has 1 amide bonds. The van der Waals surface area contributed by atoms with Gasteiger partial charge in [-0.3, -0.25) is 0 Å². The van der Waals surface area contributed by atoms with Gasteiger partial charge >= 0.3 is 12.1 Å². The van der Waals surface area contributed by atoms with Gasteiger partial charge in [0.05, 0.1) is 0 Å². The van der Waals surface area contributed by atoms with Crippen LogP contribution in [0.5, 0.6) is 0 Å². The first-order valence-electron chi connectivity index (χ1n) is 7.04. The number of benzene rings is 2. The molecule has 2 aromatic rings. The van der Waals surface area contributed by atoms with Crippen LogP contribution >= 0.6 is 0 Å². The van der Waals surface area contributed by atoms with Gasteiger partial charge in [-0.1, -0.05) is 61.2 Å². The molecule has 2 aromatic carbocycles. The number of hydrogen-bond acceptors (Lipinski definition) is 3. The van der Waals surface area contributed by atoms with E-state index in [0.29, 0.717) is 5.56 Å². The lowest BCUT2D eigenvalue weighted by Gasteiger charge is -2.15. The van der Waals surface area contributed by atoms with Crippen molar-refractivity contribution in [2.45, 2.75) is 6.04 Å². The minimum atomic E-state index is -1.18. The molecule has 0 radical (unpaired) electrons. The van der Waals surface area contributed by atoms with Crippen LogP contribution in [0.4, 0.5) is 4.79 Å². The predicted octanol–water partition coefficient (Wildman–Crippen LogP) is 3.39. The molecular weight excluding hydrogens is 294 g/mol. The molecule has 118 valence electrons. The Balaban J connectivity index is 2.24. The Kier molecular flexibility index (Phi) is 5.52. The van der Waals surface area contributed by atoms with Crippen LogP contribution in [0.3, 0.4) is 0 Å². The maximum absolute atomic E-state index is 11.6. The predicted molar refractivity (Wildman–Crippen MR) is 86.9 cm³/mol. The summed E-state index contributed by atoms with van der Waals surface area (Å²) in [5.41, 5.74) is 2.30. The van der Waals surface area contributed by atoms with Gasteiger partial charge in [0.1, 0.15) is 6.61 Å². The third-order valence-electron chi connectivity index (χ3n) is 3.17. The van der Waals surface area contributed by atoms with Gasteiger partial charge in [-0.15, -0.1) is 0 Å². The zero-order valence-electron chi connectivity index (χ0n) is 12.4. The smallest absolute Gasteiger partial charge is 0.408 e. The van der Waals surface area contributed by atoms with Crippen LogP contribution in [0, 0.1) is 0 Å². The molecule has 5 nitrogen and oxygen atoms in total. The lowest BCUT2D eigenvalue weighted by Crippen LogP contribution is -2.34. The van der Waals surface area contributed by atoms with E-state index in [-0.39, 0.29) is 6.61 Å². The summed E-state index contributed by atoms with van der Waals surface area (Å²) in [6.07, 6.45) is 0.605. The molecule has 0 saturated carbocycles. The van der Waals surface area contributed by atoms with Crippen LogP contribution in [-0.2, 0) is 9.53 Å². The van der Waals surface area contributed by atoms with Gasteiger partial charge in [-0.05, 0) is 22.8 Å². The molecule has 0 aliphatic carbocycles. The number of hydrogen-bond donors (Lipinski definition) is 2. The molecule has 2 rings (SSSR count). The normalized spacial score (nSPS) is 11.3. The molecule has 5 heteroatoms. The average Bonchev–Trinajstić information content (AvgIpc) is 2.58. The second kappa shape index (κ2) is 7.79. The van der Waals surface area contributed by atoms with E-state index in [1.807, 2.05) is 36.4 Å². The van der Waals surface area contributed by atoms with Gasteiger partial charge in [-0.25, -0.2) is 9.59 Å². The largest absolute Gasteiger partial charge is 0.479 e. The number of alkyl carbamates (subject to hydrolysis) is 1. The number of carbonyl (C=O) groups excluding carboxylic acids is 1. The Morgan fingerprint density at radius 3 is 2.48 bits per heavy atom. The van der Waals surface area contributed by atoms with Crippen LogP contribution in [0.15, 0.2) is 67.3 Å². The fourth-order valence-corrected chi connectivity index (χ4v) is 2.11. The highest BCUT2D eigenvalue weighted by Crippen LogP contribution is 2.23. The van der Waals surface area contributed by atoms with Gasteiger partial charge < -0.3 is 15.2 Å². The summed E-state index contributed by atoms with van der Waals surface area (Å²) in [4.78, 5) is 23.1. The summed E-state index contributed by atoms with van der Waals surface area (Å²) in [6.45, 7) is 3.45. The first-order chi connectivity index (χ1) is 11.1. The Morgan fingerprint density at radius 1 is 1.13 bits per heavy atom. The van der Waals surface area contributed by atoms with E-state index >= 15 is 0 Å². The molecule has 0 aliphatic rings. The maximum atomic E-state index is 11.6. The third kappa shape index (κ3) is 4.44. The number of aliphatic carboxylic acids is 1. The van der Waals surface area contributed by atoms with E-state index in [9.17, 15) is 14.7 Å². The maximum Gasteiger partial charge on any atom is 0.408 e. The fourth-order valence-electron chi connectivity index (χ4n) is 2.11. The van der Waals surface area contributed by atoms with Gasteiger partial charge in [0.15, 0.2) is 6.04 Å². The van der Waals surface area contributed by atoms with Crippen molar-refractivity contribution in [2.75, 3.05) is 6.61 Å². The number of carbonyl (C=O) groups is 2. The number of carboxylic acid groups (broad SMARTS) is 1. The number of ether oxygens (including phenoxy) is 1. The summed E-state index contributed by atoms with van der Waals surface area (Å²) in [6, 6.07) is 15.4. The van der Waals surface area contributed by atoms with E-state index < -0.39 is 18.1 Å². The molecule has 1 unspecified atom stereocenters. The van der Waals surface area contributed by atoms with Crippen LogP contribution in [0.25, 0.3) is 11.1 Å². The summed E-state index contributed by atoms with van der Waals surface area (Å²) in [5, 5.41) is 11.7. The Hall–Kier alpha value is -3.08. The molecule has 23 heavy (non-hydrogen) atoms. The molecule has 0 saturated heterocycles. The lowest BCUT2D eigenvalue weighted by molar-refractivity contribution is -0.139. The van der Waals surface area contributed by atoms with E-state index in [0.717, 1.165) is 11.1 Å². The topological polar surface area (TPSA) is 75.6 Å². The van der Waals surface area contributed by atoms with Gasteiger partial charge in [0.25, 0.3) is 0 Å². The average molecular weight is 311 g/mol. The van der Waals surface area contributed by atoms with Crippen molar-refractivity contribution in [3.63, 3.8) is 0 Å². The van der Waals surface area contributed by atoms with Crippen LogP contribution < -0.4 is 5.32 Å². The molecule has 0 heterocycles. The van der Waals surface area contributed by atoms with Crippen molar-refractivity contribution < 1.29 is 19.4 Å². The second-order valence-corrected chi connectivity index (χ2v) is 4.79. The number of amides is 1. The van der Waals surface area contributed by atoms with Crippen molar-refractivity contribution in [1.29, 1.82) is 0 Å². The van der Waals surface area contributed by atoms with Gasteiger partial charge in [-0.2, -0.15) is 0 Å². The fraction of sp³-hybridized carbons (Fsp3) is 0.111. The molecule has 0 fully saturated rings. The lowest BCUT2D eigenvalue weighted by atomic mass is 9.99. The van der Waals surface area contributed by atoms with Gasteiger partial charge in [0.2, 0.25) is 0 Å². The first kappa shape index (κ1) is 16.3. The summed E-state index contributed by atoms with van der Waals surface area (Å²) < 4.78 is 4.78. The first-order valence-corrected chi connectivity index (χ1v) is 7.04. The van der Waals surface area contributed by atoms with Crippen LogP contribution in [-0.4, -0.2) is 23.8 Å². The number of rotatable bonds is 6. The number of carboxylic acids is 1. The Labute approximate surface area is 134 Å². The molecule has 1 atom stereocenters. The van der Waals surface area contributed by atoms with E-state index in [4.69, 9.17) is 4.74 Å². The molecular formula is C18H17NO4. The molecule has 0 spiro atoms. The van der Waals surface area contributed by atoms with E-state index in [1.54, 1.807) is 18.2 Å². The summed E-state index contributed by atoms with van der Waals surface area (Å²) in [5.74, 6) is -1.16. The minimum absolute atomic E-state index is 0.0161. The quantitative estimate of drug-likeness (QED) is 0.802. The highest BCUT2D eigenvalue weighted by molar-refractivity contribution is 5.82. The van der Waals surface area contributed by atoms with Crippen molar-refractivity contribution in [3.8, 4) is 11.1 Å². The Morgan fingerprint density at radius 2 is 1.83 bits per heavy atom. The van der Waals surface area contributed by atoms with Crippen molar-refractivity contribution in [1.82, 2.24) is 5.32 Å². The van der Waals surface area contributed by atoms with Crippen LogP contribution in [0.2, 0.25) is 0 Å². The second-order valence-electron chi connectivity index (χ2n) is 4.79. The third-order valence-corrected chi connectivity index (χ3v) is 3.17. The highest BCUT2D eigenvalue weighted by atomic mass is 16.5. The van der Waals surface area contributed by atoms with Crippen LogP contribution in [0.1, 0.15) is 11.6 Å². The summed E-state index contributed by atoms with van der Waals surface area (Å²) >= 11 is 0. The Bertz CT molecular complexity index is 697. The van der Waals surface area contributed by atoms with Crippen molar-refractivity contribution in [3.05, 3.63) is 72.8 Å². The molecule has 2 N–H and O–H groups in total. The zero-order chi connectivity index (χ0) is 16.7.